The Hall–Kier alpha value is -1.25. The standard InChI is InChI=1S/C10H14N4O3S/c15-9(11-3-7-4-16-5-17-7)13-10-12-8(14-18-10)6-1-2-6/h6-7H,1-5H2,(H2,11,12,13,14,15). The van der Waals surface area contributed by atoms with E-state index in [1.54, 1.807) is 0 Å². The second-order valence-electron chi connectivity index (χ2n) is 4.34. The molecule has 1 saturated carbocycles. The SMILES string of the molecule is O=C(NCC1COCO1)Nc1nc(C2CC2)ns1. The Morgan fingerprint density at radius 2 is 2.39 bits per heavy atom. The zero-order valence-electron chi connectivity index (χ0n) is 9.72. The fraction of sp³-hybridized carbons (Fsp3) is 0.700. The number of urea groups is 1. The first kappa shape index (κ1) is 11.8. The zero-order valence-corrected chi connectivity index (χ0v) is 10.5. The van der Waals surface area contributed by atoms with Gasteiger partial charge in [-0.1, -0.05) is 0 Å². The molecular weight excluding hydrogens is 256 g/mol. The molecule has 1 unspecified atom stereocenters. The van der Waals surface area contributed by atoms with Gasteiger partial charge in [-0.3, -0.25) is 5.32 Å². The fourth-order valence-electron chi connectivity index (χ4n) is 1.63. The number of nitrogens with zero attached hydrogens (tertiary/aromatic N) is 2. The lowest BCUT2D eigenvalue weighted by Gasteiger charge is -2.08. The van der Waals surface area contributed by atoms with E-state index in [0.717, 1.165) is 18.7 Å². The van der Waals surface area contributed by atoms with Crippen LogP contribution < -0.4 is 10.6 Å². The lowest BCUT2D eigenvalue weighted by molar-refractivity contribution is 0.0476. The van der Waals surface area contributed by atoms with Crippen molar-refractivity contribution < 1.29 is 14.3 Å². The van der Waals surface area contributed by atoms with Crippen molar-refractivity contribution in [2.24, 2.45) is 0 Å². The summed E-state index contributed by atoms with van der Waals surface area (Å²) in [6.45, 7) is 1.25. The summed E-state index contributed by atoms with van der Waals surface area (Å²) in [5, 5.41) is 5.92. The van der Waals surface area contributed by atoms with E-state index in [9.17, 15) is 4.79 Å². The summed E-state index contributed by atoms with van der Waals surface area (Å²) >= 11 is 1.22. The summed E-state index contributed by atoms with van der Waals surface area (Å²) in [4.78, 5) is 15.9. The average molecular weight is 270 g/mol. The van der Waals surface area contributed by atoms with Crippen molar-refractivity contribution in [3.63, 3.8) is 0 Å². The van der Waals surface area contributed by atoms with Crippen molar-refractivity contribution in [3.05, 3.63) is 5.82 Å². The lowest BCUT2D eigenvalue weighted by atomic mass is 10.4. The molecule has 0 spiro atoms. The molecule has 1 atom stereocenters. The molecule has 2 aliphatic rings. The molecule has 0 radical (unpaired) electrons. The molecular formula is C10H14N4O3S. The third kappa shape index (κ3) is 2.95. The maximum absolute atomic E-state index is 11.6. The minimum Gasteiger partial charge on any atom is -0.353 e. The fourth-order valence-corrected chi connectivity index (χ4v) is 2.27. The lowest BCUT2D eigenvalue weighted by Crippen LogP contribution is -2.36. The highest BCUT2D eigenvalue weighted by atomic mass is 32.1. The minimum atomic E-state index is -0.288. The summed E-state index contributed by atoms with van der Waals surface area (Å²) in [7, 11) is 0. The number of carbonyl (C=O) groups excluding carboxylic acids is 1. The van der Waals surface area contributed by atoms with Crippen LogP contribution in [0.3, 0.4) is 0 Å². The van der Waals surface area contributed by atoms with E-state index in [0.29, 0.717) is 31.0 Å². The zero-order chi connectivity index (χ0) is 12.4. The number of carbonyl (C=O) groups is 1. The Kier molecular flexibility index (Phi) is 3.39. The Balaban J connectivity index is 1.44. The van der Waals surface area contributed by atoms with Gasteiger partial charge < -0.3 is 14.8 Å². The number of rotatable bonds is 4. The maximum Gasteiger partial charge on any atom is 0.321 e. The molecule has 1 saturated heterocycles. The van der Waals surface area contributed by atoms with Gasteiger partial charge in [0.05, 0.1) is 6.61 Å². The van der Waals surface area contributed by atoms with Crippen LogP contribution in [0.2, 0.25) is 0 Å². The van der Waals surface area contributed by atoms with Gasteiger partial charge >= 0.3 is 6.03 Å². The first-order valence-electron chi connectivity index (χ1n) is 5.89. The molecule has 2 N–H and O–H groups in total. The van der Waals surface area contributed by atoms with Crippen LogP contribution in [-0.2, 0) is 9.47 Å². The molecule has 98 valence electrons. The number of nitrogens with one attached hydrogen (secondary N) is 2. The summed E-state index contributed by atoms with van der Waals surface area (Å²) in [6.07, 6.45) is 2.25. The molecule has 8 heteroatoms. The van der Waals surface area contributed by atoms with Crippen LogP contribution in [0.1, 0.15) is 24.6 Å². The van der Waals surface area contributed by atoms with E-state index in [1.165, 1.54) is 11.5 Å². The summed E-state index contributed by atoms with van der Waals surface area (Å²) in [6, 6.07) is -0.288. The van der Waals surface area contributed by atoms with Crippen LogP contribution >= 0.6 is 11.5 Å². The highest BCUT2D eigenvalue weighted by Gasteiger charge is 2.28. The summed E-state index contributed by atoms with van der Waals surface area (Å²) in [5.41, 5.74) is 0. The molecule has 0 aromatic carbocycles. The molecule has 1 aromatic rings. The smallest absolute Gasteiger partial charge is 0.321 e. The average Bonchev–Trinajstić information content (AvgIpc) is 2.90. The van der Waals surface area contributed by atoms with Crippen LogP contribution in [0.5, 0.6) is 0 Å². The van der Waals surface area contributed by atoms with Gasteiger partial charge in [0.25, 0.3) is 0 Å². The van der Waals surface area contributed by atoms with Gasteiger partial charge in [-0.15, -0.1) is 0 Å². The van der Waals surface area contributed by atoms with E-state index in [-0.39, 0.29) is 12.1 Å². The molecule has 7 nitrogen and oxygen atoms in total. The third-order valence-corrected chi connectivity index (χ3v) is 3.43. The van der Waals surface area contributed by atoms with Gasteiger partial charge in [0, 0.05) is 24.0 Å². The first-order valence-corrected chi connectivity index (χ1v) is 6.66. The number of hydrogen-bond donors (Lipinski definition) is 2. The third-order valence-electron chi connectivity index (χ3n) is 2.79. The predicted molar refractivity (Wildman–Crippen MR) is 64.6 cm³/mol. The normalized spacial score (nSPS) is 23.0. The molecule has 2 amide bonds. The van der Waals surface area contributed by atoms with Crippen molar-refractivity contribution in [1.82, 2.24) is 14.7 Å². The van der Waals surface area contributed by atoms with E-state index < -0.39 is 0 Å². The number of ether oxygens (including phenoxy) is 2. The number of amides is 2. The minimum absolute atomic E-state index is 0.0628. The summed E-state index contributed by atoms with van der Waals surface area (Å²) in [5.74, 6) is 1.35. The number of hydrogen-bond acceptors (Lipinski definition) is 6. The molecule has 18 heavy (non-hydrogen) atoms. The van der Waals surface area contributed by atoms with Crippen molar-refractivity contribution in [2.45, 2.75) is 24.9 Å². The second-order valence-corrected chi connectivity index (χ2v) is 5.10. The summed E-state index contributed by atoms with van der Waals surface area (Å²) < 4.78 is 14.4. The van der Waals surface area contributed by atoms with E-state index in [2.05, 4.69) is 20.0 Å². The van der Waals surface area contributed by atoms with E-state index in [1.807, 2.05) is 0 Å². The van der Waals surface area contributed by atoms with Crippen molar-refractivity contribution >= 4 is 22.7 Å². The molecule has 1 aliphatic heterocycles. The van der Waals surface area contributed by atoms with Crippen molar-refractivity contribution in [3.8, 4) is 0 Å². The monoisotopic (exact) mass is 270 g/mol. The molecule has 1 aliphatic carbocycles. The molecule has 1 aromatic heterocycles. The number of anilines is 1. The highest BCUT2D eigenvalue weighted by molar-refractivity contribution is 7.09. The molecule has 0 bridgehead atoms. The largest absolute Gasteiger partial charge is 0.353 e. The predicted octanol–water partition coefficient (Wildman–Crippen LogP) is 0.910. The molecule has 2 heterocycles. The van der Waals surface area contributed by atoms with Gasteiger partial charge in [-0.25, -0.2) is 9.78 Å². The highest BCUT2D eigenvalue weighted by Crippen LogP contribution is 2.39. The topological polar surface area (TPSA) is 85.4 Å². The van der Waals surface area contributed by atoms with E-state index in [4.69, 9.17) is 9.47 Å². The van der Waals surface area contributed by atoms with Crippen LogP contribution in [-0.4, -0.2) is 41.4 Å². The van der Waals surface area contributed by atoms with Crippen LogP contribution in [0.15, 0.2) is 0 Å². The molecule has 2 fully saturated rings. The van der Waals surface area contributed by atoms with Gasteiger partial charge in [0.2, 0.25) is 5.13 Å². The van der Waals surface area contributed by atoms with Gasteiger partial charge in [0.1, 0.15) is 18.7 Å². The maximum atomic E-state index is 11.6. The second kappa shape index (κ2) is 5.17. The van der Waals surface area contributed by atoms with Gasteiger partial charge in [0.15, 0.2) is 0 Å². The van der Waals surface area contributed by atoms with Crippen molar-refractivity contribution in [2.75, 3.05) is 25.3 Å². The Labute approximate surface area is 108 Å². The van der Waals surface area contributed by atoms with E-state index >= 15 is 0 Å². The van der Waals surface area contributed by atoms with Gasteiger partial charge in [-0.05, 0) is 12.8 Å². The number of aromatic nitrogens is 2. The Morgan fingerprint density at radius 3 is 3.11 bits per heavy atom. The Bertz CT molecular complexity index is 429. The van der Waals surface area contributed by atoms with Crippen LogP contribution in [0.25, 0.3) is 0 Å². The molecule has 3 rings (SSSR count). The van der Waals surface area contributed by atoms with Gasteiger partial charge in [-0.2, -0.15) is 4.37 Å². The Morgan fingerprint density at radius 1 is 1.50 bits per heavy atom. The van der Waals surface area contributed by atoms with Crippen LogP contribution in [0.4, 0.5) is 9.93 Å². The first-order chi connectivity index (χ1) is 8.81. The van der Waals surface area contributed by atoms with Crippen molar-refractivity contribution in [1.29, 1.82) is 0 Å². The quantitative estimate of drug-likeness (QED) is 0.849. The van der Waals surface area contributed by atoms with Crippen LogP contribution in [0, 0.1) is 0 Å².